The number of carbonyl (C=O) groups is 2. The van der Waals surface area contributed by atoms with Crippen molar-refractivity contribution in [2.75, 3.05) is 6.54 Å². The fraction of sp³-hybridized carbons (Fsp3) is 0.143. The van der Waals surface area contributed by atoms with Gasteiger partial charge in [0.25, 0.3) is 0 Å². The predicted molar refractivity (Wildman–Crippen MR) is 81.2 cm³/mol. The minimum atomic E-state index is -1.22. The van der Waals surface area contributed by atoms with Crippen LogP contribution in [0.2, 0.25) is 0 Å². The molecule has 0 radical (unpaired) electrons. The summed E-state index contributed by atoms with van der Waals surface area (Å²) < 4.78 is 0. The average molecular weight is 315 g/mol. The van der Waals surface area contributed by atoms with Crippen LogP contribution in [0.15, 0.2) is 57.4 Å². The maximum absolute atomic E-state index is 9.98. The third-order valence-electron chi connectivity index (χ3n) is 2.05. The van der Waals surface area contributed by atoms with E-state index in [0.29, 0.717) is 13.1 Å². The molecule has 0 saturated heterocycles. The fourth-order valence-corrected chi connectivity index (χ4v) is 1.11. The van der Waals surface area contributed by atoms with Crippen molar-refractivity contribution in [1.82, 2.24) is 0 Å². The van der Waals surface area contributed by atoms with Gasteiger partial charge in [0.1, 0.15) is 0 Å². The van der Waals surface area contributed by atoms with Gasteiger partial charge in [-0.3, -0.25) is 0 Å². The molecule has 2 N–H and O–H groups in total. The summed E-state index contributed by atoms with van der Waals surface area (Å²) in [5.74, 6) is -0.781. The number of carboxylic acid groups (broad SMARTS) is 2. The van der Waals surface area contributed by atoms with Crippen molar-refractivity contribution in [3.63, 3.8) is 0 Å². The van der Waals surface area contributed by atoms with Gasteiger partial charge < -0.3 is 10.2 Å². The summed E-state index contributed by atoms with van der Waals surface area (Å²) in [5.41, 5.74) is 9.07. The van der Waals surface area contributed by atoms with Gasteiger partial charge in [-0.05, 0) is 17.2 Å². The van der Waals surface area contributed by atoms with Crippen molar-refractivity contribution in [3.05, 3.63) is 58.1 Å². The maximum atomic E-state index is 9.98. The maximum Gasteiger partial charge on any atom is 0.381 e. The first kappa shape index (κ1) is 19.4. The number of nitrogens with zero attached hydrogens (tertiary/aromatic N) is 5. The molecule has 0 aromatic heterocycles. The first-order chi connectivity index (χ1) is 11.0. The number of benzene rings is 1. The monoisotopic (exact) mass is 315 g/mol. The number of terminal acetylenes is 1. The number of azide groups is 1. The van der Waals surface area contributed by atoms with Crippen LogP contribution in [-0.2, 0) is 16.1 Å². The zero-order valence-electron chi connectivity index (χ0n) is 11.9. The Hall–Kier alpha value is -3.63. The fourth-order valence-electron chi connectivity index (χ4n) is 1.11. The molecule has 1 aromatic carbocycles. The molecule has 0 spiro atoms. The molecule has 9 nitrogen and oxygen atoms in total. The highest BCUT2D eigenvalue weighted by Gasteiger charge is 2.07. The van der Waals surface area contributed by atoms with Crippen molar-refractivity contribution >= 4 is 11.9 Å². The largest absolute Gasteiger partial charge is 0.476 e. The average Bonchev–Trinajstić information content (AvgIpc) is 3.10. The Morgan fingerprint density at radius 1 is 1.35 bits per heavy atom. The molecule has 118 valence electrons. The molecule has 1 aliphatic heterocycles. The quantitative estimate of drug-likeness (QED) is 0.381. The smallest absolute Gasteiger partial charge is 0.381 e. The second-order valence-electron chi connectivity index (χ2n) is 3.64. The third-order valence-corrected chi connectivity index (χ3v) is 2.05. The molecule has 2 rings (SSSR count). The van der Waals surface area contributed by atoms with Gasteiger partial charge in [-0.1, -0.05) is 35.4 Å². The number of carboxylic acids is 2. The van der Waals surface area contributed by atoms with Gasteiger partial charge in [0, 0.05) is 10.8 Å². The number of rotatable bonds is 3. The molecule has 0 fully saturated rings. The molecular weight excluding hydrogens is 302 g/mol. The van der Waals surface area contributed by atoms with Crippen LogP contribution in [-0.4, -0.2) is 28.7 Å². The highest BCUT2D eigenvalue weighted by molar-refractivity contribution is 5.86. The van der Waals surface area contributed by atoms with E-state index >= 15 is 0 Å². The number of hydrogen-bond acceptors (Lipinski definition) is 5. The summed E-state index contributed by atoms with van der Waals surface area (Å²) in [6, 6.07) is 9.62. The van der Waals surface area contributed by atoms with E-state index in [-0.39, 0.29) is 5.70 Å². The van der Waals surface area contributed by atoms with Crippen LogP contribution in [0.25, 0.3) is 10.4 Å². The van der Waals surface area contributed by atoms with E-state index in [9.17, 15) is 4.79 Å². The number of azo groups is 1. The van der Waals surface area contributed by atoms with Crippen molar-refractivity contribution in [1.29, 1.82) is 0 Å². The van der Waals surface area contributed by atoms with Crippen LogP contribution >= 0.6 is 0 Å². The standard InChI is InChI=1S/C7H7N3.C4H4N2O2.C3H2O2/c8-10-9-6-7-4-2-1-3-5-7;7-4(8)3-1-2-5-6-3;1-2-3(4)5/h1-5H,6H2;1H,2H2,(H,7,8);1H,(H,4,5). The van der Waals surface area contributed by atoms with E-state index < -0.39 is 11.9 Å². The van der Waals surface area contributed by atoms with Crippen LogP contribution in [0.3, 0.4) is 0 Å². The van der Waals surface area contributed by atoms with E-state index in [0.717, 1.165) is 5.56 Å². The van der Waals surface area contributed by atoms with Crippen molar-refractivity contribution in [3.8, 4) is 12.3 Å². The minimum absolute atomic E-state index is 0.0463. The summed E-state index contributed by atoms with van der Waals surface area (Å²) in [5, 5.41) is 25.9. The normalized spacial score (nSPS) is 10.5. The van der Waals surface area contributed by atoms with Crippen LogP contribution < -0.4 is 0 Å². The predicted octanol–water partition coefficient (Wildman–Crippen LogP) is 2.62. The summed E-state index contributed by atoms with van der Waals surface area (Å²) in [7, 11) is 0. The molecule has 23 heavy (non-hydrogen) atoms. The van der Waals surface area contributed by atoms with Crippen molar-refractivity contribution in [2.24, 2.45) is 15.3 Å². The van der Waals surface area contributed by atoms with Crippen LogP contribution in [0.4, 0.5) is 0 Å². The summed E-state index contributed by atoms with van der Waals surface area (Å²) >= 11 is 0. The second-order valence-corrected chi connectivity index (χ2v) is 3.64. The van der Waals surface area contributed by atoms with Crippen molar-refractivity contribution in [2.45, 2.75) is 6.54 Å². The Morgan fingerprint density at radius 3 is 2.30 bits per heavy atom. The third kappa shape index (κ3) is 10.8. The lowest BCUT2D eigenvalue weighted by atomic mass is 10.2. The van der Waals surface area contributed by atoms with Crippen LogP contribution in [0, 0.1) is 12.3 Å². The molecule has 0 aliphatic carbocycles. The van der Waals surface area contributed by atoms with Gasteiger partial charge >= 0.3 is 11.9 Å². The SMILES string of the molecule is C#CC(=O)O.O=C(O)C1=CCN=N1.[N-]=[N+]=NCc1ccccc1. The van der Waals surface area contributed by atoms with Gasteiger partial charge in [-0.2, -0.15) is 5.11 Å². The van der Waals surface area contributed by atoms with Crippen LogP contribution in [0.1, 0.15) is 5.56 Å². The summed E-state index contributed by atoms with van der Waals surface area (Å²) in [6.07, 6.45) is 5.78. The molecule has 1 aliphatic rings. The van der Waals surface area contributed by atoms with Gasteiger partial charge in [0.2, 0.25) is 0 Å². The first-order valence-electron chi connectivity index (χ1n) is 6.06. The van der Waals surface area contributed by atoms with Gasteiger partial charge in [-0.25, -0.2) is 9.59 Å². The Kier molecular flexibility index (Phi) is 10.2. The summed E-state index contributed by atoms with van der Waals surface area (Å²) in [4.78, 5) is 21.8. The number of aliphatic carboxylic acids is 2. The molecule has 0 saturated carbocycles. The van der Waals surface area contributed by atoms with Crippen molar-refractivity contribution < 1.29 is 19.8 Å². The lowest BCUT2D eigenvalue weighted by Gasteiger charge is -1.90. The Balaban J connectivity index is 0.000000335. The molecule has 1 aromatic rings. The highest BCUT2D eigenvalue weighted by Crippen LogP contribution is 2.03. The molecule has 0 bridgehead atoms. The zero-order valence-corrected chi connectivity index (χ0v) is 11.9. The van der Waals surface area contributed by atoms with Crippen LogP contribution in [0.5, 0.6) is 0 Å². The Labute approximate surface area is 131 Å². The zero-order chi connectivity index (χ0) is 17.5. The molecule has 0 amide bonds. The minimum Gasteiger partial charge on any atom is -0.476 e. The molecular formula is C14H13N5O4. The van der Waals surface area contributed by atoms with E-state index in [2.05, 4.69) is 26.7 Å². The lowest BCUT2D eigenvalue weighted by molar-refractivity contribution is -0.133. The summed E-state index contributed by atoms with van der Waals surface area (Å²) in [6.45, 7) is 0.846. The van der Waals surface area contributed by atoms with Gasteiger partial charge in [0.15, 0.2) is 5.70 Å². The van der Waals surface area contributed by atoms with Gasteiger partial charge in [-0.15, -0.1) is 11.5 Å². The van der Waals surface area contributed by atoms with E-state index in [1.807, 2.05) is 30.3 Å². The van der Waals surface area contributed by atoms with E-state index in [4.69, 9.17) is 20.5 Å². The Morgan fingerprint density at radius 2 is 1.96 bits per heavy atom. The Bertz CT molecular complexity index is 670. The molecule has 9 heteroatoms. The van der Waals surface area contributed by atoms with E-state index in [1.165, 1.54) is 12.0 Å². The topological polar surface area (TPSA) is 148 Å². The molecule has 1 heterocycles. The lowest BCUT2D eigenvalue weighted by Crippen LogP contribution is -1.94. The first-order valence-corrected chi connectivity index (χ1v) is 6.06. The molecule has 0 atom stereocenters. The van der Waals surface area contributed by atoms with Gasteiger partial charge in [0.05, 0.1) is 13.1 Å². The second kappa shape index (κ2) is 12.1. The molecule has 0 unspecified atom stereocenters. The van der Waals surface area contributed by atoms with E-state index in [1.54, 1.807) is 0 Å². The number of hydrogen-bond donors (Lipinski definition) is 2. The highest BCUT2D eigenvalue weighted by atomic mass is 16.4.